The van der Waals surface area contributed by atoms with Crippen molar-refractivity contribution in [2.45, 2.75) is 33.4 Å². The van der Waals surface area contributed by atoms with Crippen LogP contribution in [0.3, 0.4) is 0 Å². The Kier molecular flexibility index (Phi) is 3.78. The number of nitrogens with one attached hydrogen (secondary N) is 1. The first-order valence-electron chi connectivity index (χ1n) is 7.10. The molecule has 0 aliphatic carbocycles. The van der Waals surface area contributed by atoms with E-state index < -0.39 is 0 Å². The molecule has 4 nitrogen and oxygen atoms in total. The molecule has 1 aromatic carbocycles. The lowest BCUT2D eigenvalue weighted by Crippen LogP contribution is -2.22. The predicted octanol–water partition coefficient (Wildman–Crippen LogP) is 3.83. The minimum atomic E-state index is 0.293. The van der Waals surface area contributed by atoms with Gasteiger partial charge < -0.3 is 4.98 Å². The fourth-order valence-corrected chi connectivity index (χ4v) is 3.20. The highest BCUT2D eigenvalue weighted by Gasteiger charge is 2.16. The molecule has 110 valence electrons. The number of aromatic amines is 1. The van der Waals surface area contributed by atoms with Crippen LogP contribution in [-0.2, 0) is 6.54 Å². The number of fused-ring (bicyclic) bond motifs is 1. The minimum Gasteiger partial charge on any atom is -0.341 e. The predicted molar refractivity (Wildman–Crippen MR) is 87.6 cm³/mol. The van der Waals surface area contributed by atoms with Crippen molar-refractivity contribution in [1.82, 2.24) is 19.9 Å². The first kappa shape index (κ1) is 14.2. The minimum absolute atomic E-state index is 0.293. The molecule has 0 fully saturated rings. The highest BCUT2D eigenvalue weighted by atomic mass is 32.1. The number of hydrogen-bond acceptors (Lipinski definition) is 4. The maximum atomic E-state index is 4.76. The lowest BCUT2D eigenvalue weighted by Gasteiger charge is -2.21. The smallest absolute Gasteiger partial charge is 0.121 e. The van der Waals surface area contributed by atoms with Crippen LogP contribution in [0.5, 0.6) is 0 Å². The Balaban J connectivity index is 1.83. The van der Waals surface area contributed by atoms with Crippen LogP contribution >= 0.6 is 11.3 Å². The summed E-state index contributed by atoms with van der Waals surface area (Å²) in [5.74, 6) is 1.00. The first-order chi connectivity index (χ1) is 10.1. The zero-order chi connectivity index (χ0) is 15.0. The average molecular weight is 300 g/mol. The summed E-state index contributed by atoms with van der Waals surface area (Å²) in [5, 5.41) is 3.16. The van der Waals surface area contributed by atoms with Gasteiger partial charge in [0.15, 0.2) is 0 Å². The Morgan fingerprint density at radius 3 is 2.86 bits per heavy atom. The molecule has 0 bridgehead atoms. The van der Waals surface area contributed by atoms with E-state index in [0.29, 0.717) is 6.04 Å². The third-order valence-corrected chi connectivity index (χ3v) is 5.04. The molecule has 5 heteroatoms. The largest absolute Gasteiger partial charge is 0.341 e. The van der Waals surface area contributed by atoms with Crippen molar-refractivity contribution in [2.24, 2.45) is 0 Å². The highest BCUT2D eigenvalue weighted by molar-refractivity contribution is 7.09. The molecule has 3 rings (SSSR count). The number of nitrogens with zero attached hydrogens (tertiary/aromatic N) is 3. The van der Waals surface area contributed by atoms with Crippen LogP contribution in [0, 0.1) is 13.8 Å². The molecular formula is C16H20N4S. The lowest BCUT2D eigenvalue weighted by atomic mass is 10.1. The second-order valence-corrected chi connectivity index (χ2v) is 6.47. The van der Waals surface area contributed by atoms with E-state index in [0.717, 1.165) is 28.4 Å². The van der Waals surface area contributed by atoms with Crippen LogP contribution in [-0.4, -0.2) is 26.9 Å². The Bertz CT molecular complexity index is 745. The third kappa shape index (κ3) is 2.71. The quantitative estimate of drug-likeness (QED) is 0.796. The molecule has 0 saturated carbocycles. The van der Waals surface area contributed by atoms with Crippen LogP contribution in [0.15, 0.2) is 23.7 Å². The van der Waals surface area contributed by atoms with Crippen LogP contribution in [0.1, 0.15) is 34.9 Å². The Hall–Kier alpha value is -1.72. The van der Waals surface area contributed by atoms with E-state index >= 15 is 0 Å². The summed E-state index contributed by atoms with van der Waals surface area (Å²) in [5.41, 5.74) is 4.74. The van der Waals surface area contributed by atoms with Gasteiger partial charge in [0.05, 0.1) is 23.6 Å². The van der Waals surface area contributed by atoms with Crippen molar-refractivity contribution in [3.63, 3.8) is 0 Å². The third-order valence-electron chi connectivity index (χ3n) is 4.10. The fraction of sp³-hybridized carbons (Fsp3) is 0.375. The summed E-state index contributed by atoms with van der Waals surface area (Å²) in [6.45, 7) is 7.22. The van der Waals surface area contributed by atoms with Gasteiger partial charge in [-0.05, 0) is 45.0 Å². The van der Waals surface area contributed by atoms with Crippen LogP contribution < -0.4 is 0 Å². The van der Waals surface area contributed by atoms with E-state index in [1.54, 1.807) is 11.3 Å². The number of aromatic nitrogens is 3. The van der Waals surface area contributed by atoms with Crippen molar-refractivity contribution in [3.05, 3.63) is 45.7 Å². The van der Waals surface area contributed by atoms with E-state index in [2.05, 4.69) is 54.8 Å². The van der Waals surface area contributed by atoms with Crippen molar-refractivity contribution in [1.29, 1.82) is 0 Å². The van der Waals surface area contributed by atoms with E-state index in [1.165, 1.54) is 11.1 Å². The number of aryl methyl sites for hydroxylation is 2. The van der Waals surface area contributed by atoms with E-state index in [4.69, 9.17) is 4.98 Å². The molecule has 1 N–H and O–H groups in total. The molecule has 0 radical (unpaired) electrons. The molecule has 2 heterocycles. The van der Waals surface area contributed by atoms with E-state index in [1.807, 2.05) is 11.6 Å². The molecule has 0 unspecified atom stereocenters. The maximum Gasteiger partial charge on any atom is 0.121 e. The van der Waals surface area contributed by atoms with Gasteiger partial charge in [0.1, 0.15) is 10.8 Å². The van der Waals surface area contributed by atoms with Gasteiger partial charge >= 0.3 is 0 Å². The van der Waals surface area contributed by atoms with E-state index in [9.17, 15) is 0 Å². The standard InChI is InChI=1S/C16H20N4S/c1-10-5-6-13-15(11(10)2)19-14(18-13)9-20(4)12(3)16-17-7-8-21-16/h5-8,12H,9H2,1-4H3,(H,18,19)/t12-/m1/s1. The lowest BCUT2D eigenvalue weighted by molar-refractivity contribution is 0.247. The molecule has 3 aromatic rings. The Labute approximate surface area is 128 Å². The second-order valence-electron chi connectivity index (χ2n) is 5.55. The molecule has 21 heavy (non-hydrogen) atoms. The molecular weight excluding hydrogens is 280 g/mol. The molecule has 0 saturated heterocycles. The van der Waals surface area contributed by atoms with Gasteiger partial charge in [-0.25, -0.2) is 9.97 Å². The van der Waals surface area contributed by atoms with Gasteiger partial charge in [0.25, 0.3) is 0 Å². The second kappa shape index (κ2) is 5.58. The monoisotopic (exact) mass is 300 g/mol. The molecule has 1 atom stereocenters. The van der Waals surface area contributed by atoms with Crippen molar-refractivity contribution < 1.29 is 0 Å². The van der Waals surface area contributed by atoms with Gasteiger partial charge in [-0.1, -0.05) is 6.07 Å². The number of benzene rings is 1. The number of hydrogen-bond donors (Lipinski definition) is 1. The van der Waals surface area contributed by atoms with Crippen LogP contribution in [0.2, 0.25) is 0 Å². The highest BCUT2D eigenvalue weighted by Crippen LogP contribution is 2.24. The Morgan fingerprint density at radius 1 is 1.33 bits per heavy atom. The zero-order valence-corrected chi connectivity index (χ0v) is 13.7. The van der Waals surface area contributed by atoms with Gasteiger partial charge in [-0.2, -0.15) is 0 Å². The summed E-state index contributed by atoms with van der Waals surface area (Å²) >= 11 is 1.70. The maximum absolute atomic E-state index is 4.76. The van der Waals surface area contributed by atoms with Crippen molar-refractivity contribution in [3.8, 4) is 0 Å². The fourth-order valence-electron chi connectivity index (χ4n) is 2.44. The number of thiazole rings is 1. The van der Waals surface area contributed by atoms with Gasteiger partial charge in [-0.15, -0.1) is 11.3 Å². The summed E-state index contributed by atoms with van der Waals surface area (Å²) < 4.78 is 0. The number of imidazole rings is 1. The normalized spacial score (nSPS) is 13.2. The number of H-pyrrole nitrogens is 1. The van der Waals surface area contributed by atoms with Crippen LogP contribution in [0.4, 0.5) is 0 Å². The zero-order valence-electron chi connectivity index (χ0n) is 12.8. The first-order valence-corrected chi connectivity index (χ1v) is 7.98. The average Bonchev–Trinajstić information content (AvgIpc) is 3.11. The summed E-state index contributed by atoms with van der Waals surface area (Å²) in [4.78, 5) is 14.8. The van der Waals surface area contributed by atoms with Gasteiger partial charge in [0.2, 0.25) is 0 Å². The number of rotatable bonds is 4. The summed E-state index contributed by atoms with van der Waals surface area (Å²) in [7, 11) is 2.11. The SMILES string of the molecule is Cc1ccc2[nH]c(CN(C)[C@H](C)c3nccs3)nc2c1C. The molecule has 2 aromatic heterocycles. The van der Waals surface area contributed by atoms with E-state index in [-0.39, 0.29) is 0 Å². The summed E-state index contributed by atoms with van der Waals surface area (Å²) in [6, 6.07) is 4.54. The van der Waals surface area contributed by atoms with Gasteiger partial charge in [-0.3, -0.25) is 4.90 Å². The molecule has 0 aliphatic heterocycles. The molecule has 0 spiro atoms. The van der Waals surface area contributed by atoms with Crippen molar-refractivity contribution >= 4 is 22.4 Å². The van der Waals surface area contributed by atoms with Gasteiger partial charge in [0, 0.05) is 11.6 Å². The molecule has 0 aliphatic rings. The topological polar surface area (TPSA) is 44.8 Å². The van der Waals surface area contributed by atoms with Crippen molar-refractivity contribution in [2.75, 3.05) is 7.05 Å². The molecule has 0 amide bonds. The summed E-state index contributed by atoms with van der Waals surface area (Å²) in [6.07, 6.45) is 1.86. The van der Waals surface area contributed by atoms with Crippen LogP contribution in [0.25, 0.3) is 11.0 Å². The Morgan fingerprint density at radius 2 is 2.14 bits per heavy atom.